The van der Waals surface area contributed by atoms with E-state index in [4.69, 9.17) is 11.6 Å². The molecule has 0 amide bonds. The summed E-state index contributed by atoms with van der Waals surface area (Å²) in [7, 11) is 0. The maximum Gasteiger partial charge on any atom is 0.149 e. The van der Waals surface area contributed by atoms with Crippen LogP contribution in [0.2, 0.25) is 5.15 Å². The van der Waals surface area contributed by atoms with Crippen LogP contribution in [0.1, 0.15) is 44.9 Å². The van der Waals surface area contributed by atoms with Gasteiger partial charge in [-0.15, -0.1) is 0 Å². The van der Waals surface area contributed by atoms with Gasteiger partial charge in [-0.2, -0.15) is 0 Å². The zero-order valence-corrected chi connectivity index (χ0v) is 10.2. The zero-order chi connectivity index (χ0) is 11.2. The number of halogens is 1. The molecule has 0 unspecified atom stereocenters. The van der Waals surface area contributed by atoms with Gasteiger partial charge in [0, 0.05) is 6.04 Å². The first-order chi connectivity index (χ1) is 7.84. The molecule has 0 aromatic carbocycles. The molecule has 0 bridgehead atoms. The van der Waals surface area contributed by atoms with Gasteiger partial charge in [0.25, 0.3) is 0 Å². The Bertz CT molecular complexity index is 322. The first-order valence-electron chi connectivity index (χ1n) is 6.09. The summed E-state index contributed by atoms with van der Waals surface area (Å²) in [6.07, 6.45) is 12.5. The number of hydrogen-bond acceptors (Lipinski definition) is 3. The van der Waals surface area contributed by atoms with Crippen molar-refractivity contribution in [3.05, 3.63) is 17.5 Å². The smallest absolute Gasteiger partial charge is 0.149 e. The Labute approximate surface area is 102 Å². The average molecular weight is 240 g/mol. The van der Waals surface area contributed by atoms with Crippen LogP contribution < -0.4 is 5.32 Å². The minimum atomic E-state index is 0.454. The van der Waals surface area contributed by atoms with E-state index in [-0.39, 0.29) is 0 Å². The third-order valence-corrected chi connectivity index (χ3v) is 3.24. The molecule has 1 N–H and O–H groups in total. The third-order valence-electron chi connectivity index (χ3n) is 3.06. The molecule has 88 valence electrons. The van der Waals surface area contributed by atoms with E-state index in [2.05, 4.69) is 15.3 Å². The fraction of sp³-hybridized carbons (Fsp3) is 0.667. The Balaban J connectivity index is 1.91. The van der Waals surface area contributed by atoms with Gasteiger partial charge in [-0.1, -0.05) is 43.7 Å². The van der Waals surface area contributed by atoms with Crippen molar-refractivity contribution in [1.82, 2.24) is 9.97 Å². The second-order valence-corrected chi connectivity index (χ2v) is 4.80. The summed E-state index contributed by atoms with van der Waals surface area (Å²) in [5.74, 6) is 0.804. The van der Waals surface area contributed by atoms with E-state index in [1.165, 1.54) is 44.9 Å². The van der Waals surface area contributed by atoms with Crippen LogP contribution in [-0.2, 0) is 0 Å². The van der Waals surface area contributed by atoms with Gasteiger partial charge in [-0.25, -0.2) is 4.98 Å². The predicted octanol–water partition coefficient (Wildman–Crippen LogP) is 3.65. The Morgan fingerprint density at radius 1 is 1.06 bits per heavy atom. The van der Waals surface area contributed by atoms with Gasteiger partial charge in [0.1, 0.15) is 11.0 Å². The van der Waals surface area contributed by atoms with Gasteiger partial charge >= 0.3 is 0 Å². The van der Waals surface area contributed by atoms with Crippen LogP contribution in [0.5, 0.6) is 0 Å². The summed E-state index contributed by atoms with van der Waals surface area (Å²) < 4.78 is 0. The zero-order valence-electron chi connectivity index (χ0n) is 9.45. The molecule has 1 aromatic rings. The maximum atomic E-state index is 5.81. The standard InChI is InChI=1S/C12H18ClN3/c13-11-8-14-9-12(16-11)15-10-6-4-2-1-3-5-7-10/h8-10H,1-7H2,(H,15,16). The van der Waals surface area contributed by atoms with Crippen LogP contribution >= 0.6 is 11.6 Å². The number of nitrogens with one attached hydrogen (secondary N) is 1. The second-order valence-electron chi connectivity index (χ2n) is 4.41. The van der Waals surface area contributed by atoms with Crippen LogP contribution in [-0.4, -0.2) is 16.0 Å². The van der Waals surface area contributed by atoms with E-state index in [0.717, 1.165) is 5.82 Å². The van der Waals surface area contributed by atoms with Crippen molar-refractivity contribution in [3.63, 3.8) is 0 Å². The van der Waals surface area contributed by atoms with Crippen LogP contribution in [0.4, 0.5) is 5.82 Å². The van der Waals surface area contributed by atoms with Crippen molar-refractivity contribution in [2.75, 3.05) is 5.32 Å². The van der Waals surface area contributed by atoms with Gasteiger partial charge in [-0.3, -0.25) is 4.98 Å². The first-order valence-corrected chi connectivity index (χ1v) is 6.46. The summed E-state index contributed by atoms with van der Waals surface area (Å²) in [5.41, 5.74) is 0. The Morgan fingerprint density at radius 3 is 2.44 bits per heavy atom. The summed E-state index contributed by atoms with van der Waals surface area (Å²) in [6.45, 7) is 0. The lowest BCUT2D eigenvalue weighted by molar-refractivity contribution is 0.470. The Morgan fingerprint density at radius 2 is 1.75 bits per heavy atom. The fourth-order valence-electron chi connectivity index (χ4n) is 2.22. The molecule has 0 radical (unpaired) electrons. The highest BCUT2D eigenvalue weighted by molar-refractivity contribution is 6.29. The minimum Gasteiger partial charge on any atom is -0.366 e. The van der Waals surface area contributed by atoms with Gasteiger partial charge in [-0.05, 0) is 12.8 Å². The van der Waals surface area contributed by atoms with Crippen LogP contribution in [0.25, 0.3) is 0 Å². The molecule has 1 aliphatic rings. The maximum absolute atomic E-state index is 5.81. The molecule has 3 nitrogen and oxygen atoms in total. The van der Waals surface area contributed by atoms with E-state index >= 15 is 0 Å². The van der Waals surface area contributed by atoms with E-state index < -0.39 is 0 Å². The predicted molar refractivity (Wildman–Crippen MR) is 66.8 cm³/mol. The van der Waals surface area contributed by atoms with Crippen LogP contribution in [0, 0.1) is 0 Å². The lowest BCUT2D eigenvalue weighted by atomic mass is 9.97. The topological polar surface area (TPSA) is 37.8 Å². The van der Waals surface area contributed by atoms with Crippen LogP contribution in [0.3, 0.4) is 0 Å². The number of nitrogens with zero attached hydrogens (tertiary/aromatic N) is 2. The lowest BCUT2D eigenvalue weighted by Gasteiger charge is -2.21. The normalized spacial score (nSPS) is 18.8. The van der Waals surface area contributed by atoms with Gasteiger partial charge in [0.15, 0.2) is 0 Å². The van der Waals surface area contributed by atoms with E-state index in [0.29, 0.717) is 11.2 Å². The fourth-order valence-corrected chi connectivity index (χ4v) is 2.37. The molecule has 1 aromatic heterocycles. The largest absolute Gasteiger partial charge is 0.366 e. The quantitative estimate of drug-likeness (QED) is 0.856. The second kappa shape index (κ2) is 6.04. The SMILES string of the molecule is Clc1cncc(NC2CCCCCCC2)n1. The van der Waals surface area contributed by atoms with Crippen LogP contribution in [0.15, 0.2) is 12.4 Å². The van der Waals surface area contributed by atoms with Crippen molar-refractivity contribution in [2.45, 2.75) is 51.0 Å². The van der Waals surface area contributed by atoms with Gasteiger partial charge in [0.05, 0.1) is 12.4 Å². The van der Waals surface area contributed by atoms with Crippen molar-refractivity contribution in [1.29, 1.82) is 0 Å². The molecule has 1 heterocycles. The number of anilines is 1. The van der Waals surface area contributed by atoms with Crippen molar-refractivity contribution in [3.8, 4) is 0 Å². The molecule has 0 atom stereocenters. The molecule has 1 aliphatic carbocycles. The van der Waals surface area contributed by atoms with Gasteiger partial charge in [0.2, 0.25) is 0 Å². The third kappa shape index (κ3) is 3.63. The minimum absolute atomic E-state index is 0.454. The molecule has 2 rings (SSSR count). The van der Waals surface area contributed by atoms with Crippen molar-refractivity contribution < 1.29 is 0 Å². The van der Waals surface area contributed by atoms with Gasteiger partial charge < -0.3 is 5.32 Å². The molecule has 0 saturated heterocycles. The summed E-state index contributed by atoms with van der Waals surface area (Å²) in [4.78, 5) is 8.25. The molecule has 0 spiro atoms. The highest BCUT2D eigenvalue weighted by atomic mass is 35.5. The highest BCUT2D eigenvalue weighted by Gasteiger charge is 2.11. The van der Waals surface area contributed by atoms with E-state index in [1.54, 1.807) is 12.4 Å². The molecule has 0 aliphatic heterocycles. The number of hydrogen-bond donors (Lipinski definition) is 1. The first kappa shape index (κ1) is 11.6. The molecule has 4 heteroatoms. The summed E-state index contributed by atoms with van der Waals surface area (Å²) in [5, 5.41) is 3.89. The van der Waals surface area contributed by atoms with E-state index in [9.17, 15) is 0 Å². The summed E-state index contributed by atoms with van der Waals surface area (Å²) >= 11 is 5.81. The number of rotatable bonds is 2. The molecule has 1 saturated carbocycles. The Hall–Kier alpha value is -0.830. The molecular formula is C12H18ClN3. The highest BCUT2D eigenvalue weighted by Crippen LogP contribution is 2.20. The average Bonchev–Trinajstić information content (AvgIpc) is 2.22. The number of aromatic nitrogens is 2. The van der Waals surface area contributed by atoms with Crippen molar-refractivity contribution in [2.24, 2.45) is 0 Å². The molecular weight excluding hydrogens is 222 g/mol. The monoisotopic (exact) mass is 239 g/mol. The molecule has 16 heavy (non-hydrogen) atoms. The lowest BCUT2D eigenvalue weighted by Crippen LogP contribution is -2.21. The van der Waals surface area contributed by atoms with Crippen molar-refractivity contribution >= 4 is 17.4 Å². The van der Waals surface area contributed by atoms with E-state index in [1.807, 2.05) is 0 Å². The summed E-state index contributed by atoms with van der Waals surface area (Å²) in [6, 6.07) is 0.535. The Kier molecular flexibility index (Phi) is 4.40. The molecule has 1 fully saturated rings.